The minimum absolute atomic E-state index is 0. The molecule has 2 unspecified atom stereocenters. The van der Waals surface area contributed by atoms with Crippen molar-refractivity contribution in [2.75, 3.05) is 53.4 Å². The molecule has 1 aliphatic rings. The summed E-state index contributed by atoms with van der Waals surface area (Å²) >= 11 is 0. The van der Waals surface area contributed by atoms with Crippen molar-refractivity contribution in [1.82, 2.24) is 25.8 Å². The minimum atomic E-state index is -0.497. The van der Waals surface area contributed by atoms with Gasteiger partial charge in [-0.1, -0.05) is 33.6 Å². The lowest BCUT2D eigenvalue weighted by Crippen LogP contribution is -2.56. The molecule has 0 radical (unpaired) electrons. The van der Waals surface area contributed by atoms with E-state index in [9.17, 15) is 4.79 Å². The number of nitrogens with one attached hydrogen (secondary N) is 3. The highest BCUT2D eigenvalue weighted by Crippen LogP contribution is 2.13. The first-order valence-electron chi connectivity index (χ1n) is 11.9. The van der Waals surface area contributed by atoms with E-state index >= 15 is 0 Å². The van der Waals surface area contributed by atoms with E-state index in [0.29, 0.717) is 18.5 Å². The number of rotatable bonds is 10. The van der Waals surface area contributed by atoms with E-state index < -0.39 is 5.60 Å². The van der Waals surface area contributed by atoms with Gasteiger partial charge in [-0.3, -0.25) is 9.89 Å². The Bertz CT molecular complexity index is 545. The molecule has 1 heterocycles. The van der Waals surface area contributed by atoms with Crippen LogP contribution in [0.4, 0.5) is 4.79 Å². The van der Waals surface area contributed by atoms with Crippen molar-refractivity contribution in [3.63, 3.8) is 0 Å². The van der Waals surface area contributed by atoms with Gasteiger partial charge in [-0.2, -0.15) is 0 Å². The predicted octanol–water partition coefficient (Wildman–Crippen LogP) is 3.12. The Morgan fingerprint density at radius 2 is 1.72 bits per heavy atom. The highest BCUT2D eigenvalue weighted by Gasteiger charge is 2.25. The molecule has 1 rings (SSSR count). The number of unbranched alkanes of at least 4 members (excludes halogenated alkanes) is 1. The molecule has 0 spiro atoms. The van der Waals surface area contributed by atoms with Gasteiger partial charge in [-0.05, 0) is 40.2 Å². The number of piperazine rings is 1. The number of carbonyl (C=O) groups is 1. The van der Waals surface area contributed by atoms with Gasteiger partial charge in [-0.25, -0.2) is 4.79 Å². The van der Waals surface area contributed by atoms with Crippen LogP contribution in [0.2, 0.25) is 0 Å². The SMILES string of the molecule is CCCCC(CNC(=O)OC(C)(C)C)NC(=NC)NCC(C(C)C)N1CCN(C)CC1.I. The molecule has 1 saturated heterocycles. The van der Waals surface area contributed by atoms with Gasteiger partial charge < -0.3 is 25.6 Å². The number of ether oxygens (including phenoxy) is 1. The number of amides is 1. The third-order valence-electron chi connectivity index (χ3n) is 5.62. The second kappa shape index (κ2) is 15.9. The molecule has 0 aliphatic carbocycles. The summed E-state index contributed by atoms with van der Waals surface area (Å²) in [4.78, 5) is 21.5. The molecule has 1 amide bonds. The van der Waals surface area contributed by atoms with Gasteiger partial charge in [0.2, 0.25) is 0 Å². The van der Waals surface area contributed by atoms with Gasteiger partial charge in [-0.15, -0.1) is 24.0 Å². The van der Waals surface area contributed by atoms with E-state index in [4.69, 9.17) is 4.74 Å². The zero-order chi connectivity index (χ0) is 23.4. The van der Waals surface area contributed by atoms with Crippen LogP contribution in [0.15, 0.2) is 4.99 Å². The van der Waals surface area contributed by atoms with E-state index in [1.54, 1.807) is 7.05 Å². The average molecular weight is 569 g/mol. The van der Waals surface area contributed by atoms with Gasteiger partial charge in [0.1, 0.15) is 5.60 Å². The van der Waals surface area contributed by atoms with Gasteiger partial charge in [0.15, 0.2) is 5.96 Å². The van der Waals surface area contributed by atoms with Crippen LogP contribution in [0.5, 0.6) is 0 Å². The second-order valence-corrected chi connectivity index (χ2v) is 9.97. The molecule has 0 aromatic rings. The number of nitrogens with zero attached hydrogens (tertiary/aromatic N) is 3. The van der Waals surface area contributed by atoms with E-state index in [2.05, 4.69) is 58.6 Å². The van der Waals surface area contributed by atoms with Crippen LogP contribution in [0.1, 0.15) is 60.8 Å². The molecule has 9 heteroatoms. The molecule has 1 fully saturated rings. The smallest absolute Gasteiger partial charge is 0.407 e. The summed E-state index contributed by atoms with van der Waals surface area (Å²) in [6.45, 7) is 18.2. The summed E-state index contributed by atoms with van der Waals surface area (Å²) in [5, 5.41) is 9.93. The Labute approximate surface area is 213 Å². The summed E-state index contributed by atoms with van der Waals surface area (Å²) in [7, 11) is 3.99. The van der Waals surface area contributed by atoms with Crippen LogP contribution in [-0.2, 0) is 4.74 Å². The Kier molecular flexibility index (Phi) is 15.5. The standard InChI is InChI=1S/C23H48N6O2.HI/c1-9-10-11-19(16-26-22(30)31-23(4,5)6)27-21(24-7)25-17-20(18(2)3)29-14-12-28(8)13-15-29;/h18-20H,9-17H2,1-8H3,(H,26,30)(H2,24,25,27);1H. The maximum Gasteiger partial charge on any atom is 0.407 e. The monoisotopic (exact) mass is 568 g/mol. The highest BCUT2D eigenvalue weighted by atomic mass is 127. The van der Waals surface area contributed by atoms with Gasteiger partial charge in [0.05, 0.1) is 0 Å². The Balaban J connectivity index is 0.00000961. The zero-order valence-corrected chi connectivity index (χ0v) is 24.0. The number of alkyl carbamates (subject to hydrolysis) is 1. The summed E-state index contributed by atoms with van der Waals surface area (Å²) in [6.07, 6.45) is 2.77. The van der Waals surface area contributed by atoms with Gasteiger partial charge >= 0.3 is 6.09 Å². The molecule has 190 valence electrons. The molecular formula is C23H49IN6O2. The van der Waals surface area contributed by atoms with Crippen LogP contribution in [0.3, 0.4) is 0 Å². The van der Waals surface area contributed by atoms with Crippen LogP contribution in [0.25, 0.3) is 0 Å². The number of likely N-dealkylation sites (N-methyl/N-ethyl adjacent to an activating group) is 1. The topological polar surface area (TPSA) is 81.2 Å². The van der Waals surface area contributed by atoms with Crippen LogP contribution in [-0.4, -0.2) is 92.9 Å². The fourth-order valence-electron chi connectivity index (χ4n) is 3.73. The Morgan fingerprint density at radius 1 is 1.09 bits per heavy atom. The van der Waals surface area contributed by atoms with E-state index in [1.165, 1.54) is 0 Å². The van der Waals surface area contributed by atoms with Crippen LogP contribution in [0, 0.1) is 5.92 Å². The fraction of sp³-hybridized carbons (Fsp3) is 0.913. The number of carbonyl (C=O) groups excluding carboxylic acids is 1. The summed E-state index contributed by atoms with van der Waals surface area (Å²) < 4.78 is 5.37. The van der Waals surface area contributed by atoms with Crippen molar-refractivity contribution >= 4 is 36.0 Å². The molecule has 3 N–H and O–H groups in total. The molecule has 0 bridgehead atoms. The first kappa shape index (κ1) is 31.2. The normalized spacial score (nSPS) is 18.0. The highest BCUT2D eigenvalue weighted by molar-refractivity contribution is 14.0. The third-order valence-corrected chi connectivity index (χ3v) is 5.62. The number of halogens is 1. The molecule has 0 aromatic heterocycles. The zero-order valence-electron chi connectivity index (χ0n) is 21.7. The Morgan fingerprint density at radius 3 is 2.22 bits per heavy atom. The second-order valence-electron chi connectivity index (χ2n) is 9.97. The lowest BCUT2D eigenvalue weighted by molar-refractivity contribution is 0.0522. The lowest BCUT2D eigenvalue weighted by atomic mass is 10.0. The lowest BCUT2D eigenvalue weighted by Gasteiger charge is -2.40. The first-order valence-corrected chi connectivity index (χ1v) is 11.9. The number of aliphatic imine (C=N–C) groups is 1. The maximum atomic E-state index is 12.1. The van der Waals surface area contributed by atoms with Crippen molar-refractivity contribution in [1.29, 1.82) is 0 Å². The van der Waals surface area contributed by atoms with E-state index in [0.717, 1.165) is 57.9 Å². The quantitative estimate of drug-likeness (QED) is 0.214. The predicted molar refractivity (Wildman–Crippen MR) is 145 cm³/mol. The van der Waals surface area contributed by atoms with E-state index in [-0.39, 0.29) is 36.1 Å². The molecule has 0 saturated carbocycles. The molecule has 32 heavy (non-hydrogen) atoms. The maximum absolute atomic E-state index is 12.1. The van der Waals surface area contributed by atoms with Crippen molar-refractivity contribution in [2.24, 2.45) is 10.9 Å². The summed E-state index contributed by atoms with van der Waals surface area (Å²) in [5.41, 5.74) is -0.497. The Hall–Kier alpha value is -0.810. The number of hydrogen-bond donors (Lipinski definition) is 3. The first-order chi connectivity index (χ1) is 14.6. The van der Waals surface area contributed by atoms with E-state index in [1.807, 2.05) is 20.8 Å². The number of hydrogen-bond acceptors (Lipinski definition) is 5. The molecule has 8 nitrogen and oxygen atoms in total. The van der Waals surface area contributed by atoms with Crippen molar-refractivity contribution < 1.29 is 9.53 Å². The summed E-state index contributed by atoms with van der Waals surface area (Å²) in [6, 6.07) is 0.557. The summed E-state index contributed by atoms with van der Waals surface area (Å²) in [5.74, 6) is 1.34. The molecule has 2 atom stereocenters. The van der Waals surface area contributed by atoms with Crippen LogP contribution < -0.4 is 16.0 Å². The third kappa shape index (κ3) is 13.0. The number of guanidine groups is 1. The molecule has 0 aromatic carbocycles. The van der Waals surface area contributed by atoms with Crippen LogP contribution >= 0.6 is 24.0 Å². The van der Waals surface area contributed by atoms with Gasteiger partial charge in [0.25, 0.3) is 0 Å². The fourth-order valence-corrected chi connectivity index (χ4v) is 3.73. The van der Waals surface area contributed by atoms with Crippen molar-refractivity contribution in [3.8, 4) is 0 Å². The van der Waals surface area contributed by atoms with Crippen molar-refractivity contribution in [3.05, 3.63) is 0 Å². The molecular weight excluding hydrogens is 519 g/mol. The van der Waals surface area contributed by atoms with Gasteiger partial charge in [0, 0.05) is 58.4 Å². The van der Waals surface area contributed by atoms with Crippen molar-refractivity contribution in [2.45, 2.75) is 78.5 Å². The largest absolute Gasteiger partial charge is 0.444 e. The molecule has 1 aliphatic heterocycles. The minimum Gasteiger partial charge on any atom is -0.444 e. The average Bonchev–Trinajstić information content (AvgIpc) is 2.68.